The standard InChI is InChI=1S/C20H21BrN8O/c21-15-6-2-1-5-14(15)20(30)27-26-18-17(22)19(25-13-24-18)29-11-9-28(10-12-29)16-7-3-4-8-23-16/h1-8,13H,9-12,22H2,(H,27,30)(H,24,25,26). The highest BCUT2D eigenvalue weighted by atomic mass is 79.9. The zero-order valence-corrected chi connectivity index (χ0v) is 17.7. The number of hydrogen-bond donors (Lipinski definition) is 3. The van der Waals surface area contributed by atoms with E-state index in [0.717, 1.165) is 32.0 Å². The van der Waals surface area contributed by atoms with Crippen LogP contribution in [0.5, 0.6) is 0 Å². The van der Waals surface area contributed by atoms with E-state index in [4.69, 9.17) is 5.73 Å². The lowest BCUT2D eigenvalue weighted by Crippen LogP contribution is -2.47. The number of benzene rings is 1. The summed E-state index contributed by atoms with van der Waals surface area (Å²) in [5.74, 6) is 1.66. The molecular formula is C20H21BrN8O. The van der Waals surface area contributed by atoms with Gasteiger partial charge in [0, 0.05) is 36.8 Å². The fourth-order valence-electron chi connectivity index (χ4n) is 3.25. The summed E-state index contributed by atoms with van der Waals surface area (Å²) in [6.45, 7) is 3.12. The second kappa shape index (κ2) is 8.95. The van der Waals surface area contributed by atoms with Crippen LogP contribution in [0.2, 0.25) is 0 Å². The van der Waals surface area contributed by atoms with Crippen molar-refractivity contribution in [3.63, 3.8) is 0 Å². The molecule has 0 spiro atoms. The van der Waals surface area contributed by atoms with E-state index in [9.17, 15) is 4.79 Å². The maximum Gasteiger partial charge on any atom is 0.270 e. The number of hydrogen-bond acceptors (Lipinski definition) is 8. The fourth-order valence-corrected chi connectivity index (χ4v) is 3.72. The molecule has 1 amide bonds. The Morgan fingerprint density at radius 2 is 1.70 bits per heavy atom. The number of carbonyl (C=O) groups excluding carboxylic acids is 1. The first-order valence-corrected chi connectivity index (χ1v) is 10.2. The van der Waals surface area contributed by atoms with E-state index in [2.05, 4.69) is 51.5 Å². The van der Waals surface area contributed by atoms with Crippen molar-refractivity contribution in [2.24, 2.45) is 0 Å². The van der Waals surface area contributed by atoms with Crippen molar-refractivity contribution in [1.82, 2.24) is 20.4 Å². The lowest BCUT2D eigenvalue weighted by Gasteiger charge is -2.36. The van der Waals surface area contributed by atoms with E-state index in [-0.39, 0.29) is 5.91 Å². The molecule has 1 saturated heterocycles. The number of anilines is 4. The molecule has 0 atom stereocenters. The SMILES string of the molecule is Nc1c(NNC(=O)c2ccccc2Br)ncnc1N1CCN(c2ccccn2)CC1. The highest BCUT2D eigenvalue weighted by Gasteiger charge is 2.22. The molecule has 10 heteroatoms. The lowest BCUT2D eigenvalue weighted by atomic mass is 10.2. The molecule has 4 N–H and O–H groups in total. The Bertz CT molecular complexity index is 1020. The molecule has 1 aliphatic rings. The summed E-state index contributed by atoms with van der Waals surface area (Å²) in [6.07, 6.45) is 3.23. The number of amides is 1. The number of nitrogen functional groups attached to an aromatic ring is 1. The molecule has 1 aliphatic heterocycles. The predicted octanol–water partition coefficient (Wildman–Crippen LogP) is 2.30. The third-order valence-electron chi connectivity index (χ3n) is 4.83. The molecule has 154 valence electrons. The summed E-state index contributed by atoms with van der Waals surface area (Å²) in [4.78, 5) is 29.7. The number of piperazine rings is 1. The topological polar surface area (TPSA) is 112 Å². The molecule has 4 rings (SSSR count). The van der Waals surface area contributed by atoms with Crippen LogP contribution in [0.25, 0.3) is 0 Å². The minimum absolute atomic E-state index is 0.300. The molecule has 1 aromatic carbocycles. The number of pyridine rings is 1. The van der Waals surface area contributed by atoms with E-state index >= 15 is 0 Å². The highest BCUT2D eigenvalue weighted by Crippen LogP contribution is 2.27. The van der Waals surface area contributed by atoms with Gasteiger partial charge in [-0.1, -0.05) is 18.2 Å². The van der Waals surface area contributed by atoms with Crippen LogP contribution in [0.3, 0.4) is 0 Å². The van der Waals surface area contributed by atoms with Crippen LogP contribution in [0.4, 0.5) is 23.1 Å². The summed E-state index contributed by atoms with van der Waals surface area (Å²) >= 11 is 3.37. The third-order valence-corrected chi connectivity index (χ3v) is 5.52. The van der Waals surface area contributed by atoms with Crippen LogP contribution in [-0.4, -0.2) is 47.0 Å². The summed E-state index contributed by atoms with van der Waals surface area (Å²) in [6, 6.07) is 13.1. The van der Waals surface area contributed by atoms with Crippen molar-refractivity contribution < 1.29 is 4.79 Å². The van der Waals surface area contributed by atoms with Crippen molar-refractivity contribution in [2.75, 3.05) is 47.1 Å². The summed E-state index contributed by atoms with van der Waals surface area (Å²) < 4.78 is 0.700. The van der Waals surface area contributed by atoms with Gasteiger partial charge in [-0.25, -0.2) is 15.0 Å². The number of nitrogens with zero attached hydrogens (tertiary/aromatic N) is 5. The minimum atomic E-state index is -0.300. The molecular weight excluding hydrogens is 448 g/mol. The molecule has 2 aromatic heterocycles. The Kier molecular flexibility index (Phi) is 5.94. The first kappa shape index (κ1) is 19.9. The quantitative estimate of drug-likeness (QED) is 0.488. The number of hydrazine groups is 1. The van der Waals surface area contributed by atoms with Gasteiger partial charge in [-0.2, -0.15) is 0 Å². The smallest absolute Gasteiger partial charge is 0.270 e. The Morgan fingerprint density at radius 3 is 2.43 bits per heavy atom. The van der Waals surface area contributed by atoms with Gasteiger partial charge >= 0.3 is 0 Å². The van der Waals surface area contributed by atoms with Crippen LogP contribution in [0, 0.1) is 0 Å². The van der Waals surface area contributed by atoms with Gasteiger partial charge in [0.15, 0.2) is 11.6 Å². The molecule has 0 unspecified atom stereocenters. The van der Waals surface area contributed by atoms with E-state index in [1.165, 1.54) is 6.33 Å². The number of nitrogens with two attached hydrogens (primary N) is 1. The minimum Gasteiger partial charge on any atom is -0.393 e. The Balaban J connectivity index is 1.41. The molecule has 9 nitrogen and oxygen atoms in total. The molecule has 0 bridgehead atoms. The van der Waals surface area contributed by atoms with E-state index in [1.807, 2.05) is 24.3 Å². The van der Waals surface area contributed by atoms with Crippen molar-refractivity contribution in [2.45, 2.75) is 0 Å². The summed E-state index contributed by atoms with van der Waals surface area (Å²) in [5.41, 5.74) is 12.6. The maximum atomic E-state index is 12.4. The highest BCUT2D eigenvalue weighted by molar-refractivity contribution is 9.10. The molecule has 0 saturated carbocycles. The fraction of sp³-hybridized carbons (Fsp3) is 0.200. The third kappa shape index (κ3) is 4.28. The monoisotopic (exact) mass is 468 g/mol. The molecule has 0 aliphatic carbocycles. The van der Waals surface area contributed by atoms with Gasteiger partial charge in [0.05, 0.1) is 5.56 Å². The average Bonchev–Trinajstić information content (AvgIpc) is 2.79. The number of nitrogens with one attached hydrogen (secondary N) is 2. The second-order valence-electron chi connectivity index (χ2n) is 6.68. The summed E-state index contributed by atoms with van der Waals surface area (Å²) in [5, 5.41) is 0. The van der Waals surface area contributed by atoms with Gasteiger partial charge in [0.2, 0.25) is 0 Å². The number of carbonyl (C=O) groups is 1. The van der Waals surface area contributed by atoms with Crippen LogP contribution < -0.4 is 26.4 Å². The molecule has 0 radical (unpaired) electrons. The Morgan fingerprint density at radius 1 is 0.967 bits per heavy atom. The van der Waals surface area contributed by atoms with Gasteiger partial charge in [-0.3, -0.25) is 15.6 Å². The van der Waals surface area contributed by atoms with Crippen molar-refractivity contribution in [3.05, 3.63) is 65.0 Å². The van der Waals surface area contributed by atoms with E-state index in [0.29, 0.717) is 27.4 Å². The zero-order valence-electron chi connectivity index (χ0n) is 16.1. The summed E-state index contributed by atoms with van der Waals surface area (Å²) in [7, 11) is 0. The first-order valence-electron chi connectivity index (χ1n) is 9.46. The van der Waals surface area contributed by atoms with Gasteiger partial charge < -0.3 is 15.5 Å². The molecule has 30 heavy (non-hydrogen) atoms. The van der Waals surface area contributed by atoms with E-state index in [1.54, 1.807) is 24.4 Å². The largest absolute Gasteiger partial charge is 0.393 e. The van der Waals surface area contributed by atoms with Gasteiger partial charge in [0.25, 0.3) is 5.91 Å². The lowest BCUT2D eigenvalue weighted by molar-refractivity contribution is 0.0961. The number of halogens is 1. The van der Waals surface area contributed by atoms with Crippen molar-refractivity contribution >= 4 is 45.0 Å². The zero-order chi connectivity index (χ0) is 20.9. The Hall–Kier alpha value is -3.40. The van der Waals surface area contributed by atoms with Crippen molar-refractivity contribution in [1.29, 1.82) is 0 Å². The Labute approximate surface area is 182 Å². The number of aromatic nitrogens is 3. The molecule has 3 aromatic rings. The van der Waals surface area contributed by atoms with Crippen LogP contribution in [-0.2, 0) is 0 Å². The first-order chi connectivity index (χ1) is 14.6. The van der Waals surface area contributed by atoms with Crippen LogP contribution in [0.15, 0.2) is 59.5 Å². The van der Waals surface area contributed by atoms with Crippen LogP contribution >= 0.6 is 15.9 Å². The van der Waals surface area contributed by atoms with E-state index < -0.39 is 0 Å². The van der Waals surface area contributed by atoms with Gasteiger partial charge in [-0.05, 0) is 40.2 Å². The van der Waals surface area contributed by atoms with Crippen molar-refractivity contribution in [3.8, 4) is 0 Å². The number of rotatable bonds is 5. The molecule has 1 fully saturated rings. The molecule has 3 heterocycles. The second-order valence-corrected chi connectivity index (χ2v) is 7.53. The van der Waals surface area contributed by atoms with Crippen LogP contribution in [0.1, 0.15) is 10.4 Å². The average molecular weight is 469 g/mol. The van der Waals surface area contributed by atoms with Gasteiger partial charge in [-0.15, -0.1) is 0 Å². The maximum absolute atomic E-state index is 12.4. The normalized spacial score (nSPS) is 13.8. The predicted molar refractivity (Wildman–Crippen MR) is 120 cm³/mol. The van der Waals surface area contributed by atoms with Gasteiger partial charge in [0.1, 0.15) is 17.8 Å².